The molecule has 0 aliphatic carbocycles. The SMILES string of the molecule is O=C(Cc1ccccc1-c1ccccc1)Nc1ccccc1C(=O)N[C@H](/C=C/C(=O)OCc1ccccc1)CC1CCNC1=O. The predicted molar refractivity (Wildman–Crippen MR) is 173 cm³/mol. The lowest BCUT2D eigenvalue weighted by molar-refractivity contribution is -0.139. The first-order valence-corrected chi connectivity index (χ1v) is 15.0. The summed E-state index contributed by atoms with van der Waals surface area (Å²) in [5, 5.41) is 8.65. The number of rotatable bonds is 12. The summed E-state index contributed by atoms with van der Waals surface area (Å²) in [5.41, 5.74) is 4.33. The fourth-order valence-corrected chi connectivity index (χ4v) is 5.31. The Morgan fingerprint density at radius 1 is 0.867 bits per heavy atom. The van der Waals surface area contributed by atoms with Gasteiger partial charge in [-0.25, -0.2) is 4.79 Å². The maximum atomic E-state index is 13.6. The first kappa shape index (κ1) is 30.9. The average molecular weight is 602 g/mol. The Bertz CT molecular complexity index is 1670. The molecule has 1 aliphatic rings. The van der Waals surface area contributed by atoms with Crippen molar-refractivity contribution in [3.05, 3.63) is 138 Å². The van der Waals surface area contributed by atoms with Crippen LogP contribution in [0.4, 0.5) is 5.69 Å². The van der Waals surface area contributed by atoms with Crippen molar-refractivity contribution in [1.29, 1.82) is 0 Å². The maximum Gasteiger partial charge on any atom is 0.330 e. The molecule has 3 amide bonds. The molecule has 0 spiro atoms. The largest absolute Gasteiger partial charge is 0.458 e. The number of anilines is 1. The molecule has 4 aromatic carbocycles. The summed E-state index contributed by atoms with van der Waals surface area (Å²) in [6, 6.07) is 33.0. The molecule has 4 aromatic rings. The smallest absolute Gasteiger partial charge is 0.330 e. The molecule has 0 saturated carbocycles. The summed E-state index contributed by atoms with van der Waals surface area (Å²) in [6.07, 6.45) is 3.89. The van der Waals surface area contributed by atoms with E-state index in [2.05, 4.69) is 16.0 Å². The van der Waals surface area contributed by atoms with E-state index in [1.165, 1.54) is 6.08 Å². The van der Waals surface area contributed by atoms with Gasteiger partial charge in [-0.3, -0.25) is 14.4 Å². The molecular formula is C37H35N3O5. The van der Waals surface area contributed by atoms with Crippen molar-refractivity contribution < 1.29 is 23.9 Å². The van der Waals surface area contributed by atoms with Crippen LogP contribution < -0.4 is 16.0 Å². The highest BCUT2D eigenvalue weighted by Gasteiger charge is 2.28. The van der Waals surface area contributed by atoms with Crippen LogP contribution in [0.15, 0.2) is 121 Å². The normalized spacial score (nSPS) is 14.8. The lowest BCUT2D eigenvalue weighted by atomic mass is 9.97. The number of ether oxygens (including phenoxy) is 1. The van der Waals surface area contributed by atoms with Gasteiger partial charge in [-0.15, -0.1) is 0 Å². The van der Waals surface area contributed by atoms with Crippen LogP contribution in [0.3, 0.4) is 0 Å². The fourth-order valence-electron chi connectivity index (χ4n) is 5.31. The second-order valence-electron chi connectivity index (χ2n) is 10.8. The standard InChI is InChI=1S/C37H35N3O5/c41-34(24-28-15-7-8-16-31(28)27-13-5-2-6-14-27)40-33-18-10-9-17-32(33)37(44)39-30(23-29-21-22-38-36(29)43)19-20-35(42)45-25-26-11-3-1-4-12-26/h1-20,29-30H,21-25H2,(H,38,43)(H,39,44)(H,40,41)/b20-19+/t29?,30-/m1/s1. The van der Waals surface area contributed by atoms with Gasteiger partial charge in [0.05, 0.1) is 17.7 Å². The molecule has 1 heterocycles. The van der Waals surface area contributed by atoms with Crippen molar-refractivity contribution >= 4 is 29.4 Å². The number of para-hydroxylation sites is 1. The van der Waals surface area contributed by atoms with Crippen LogP contribution in [0, 0.1) is 5.92 Å². The molecule has 1 unspecified atom stereocenters. The van der Waals surface area contributed by atoms with E-state index in [0.717, 1.165) is 22.3 Å². The average Bonchev–Trinajstić information content (AvgIpc) is 3.47. The number of benzene rings is 4. The Balaban J connectivity index is 1.27. The number of carbonyl (C=O) groups is 4. The lowest BCUT2D eigenvalue weighted by Gasteiger charge is -2.19. The Labute approximate surface area is 262 Å². The summed E-state index contributed by atoms with van der Waals surface area (Å²) in [7, 11) is 0. The second-order valence-corrected chi connectivity index (χ2v) is 10.8. The van der Waals surface area contributed by atoms with E-state index < -0.39 is 17.9 Å². The molecule has 0 aromatic heterocycles. The van der Waals surface area contributed by atoms with Gasteiger partial charge in [0.1, 0.15) is 6.61 Å². The summed E-state index contributed by atoms with van der Waals surface area (Å²) < 4.78 is 5.34. The van der Waals surface area contributed by atoms with Gasteiger partial charge in [0.25, 0.3) is 5.91 Å². The molecule has 45 heavy (non-hydrogen) atoms. The van der Waals surface area contributed by atoms with Crippen molar-refractivity contribution in [1.82, 2.24) is 10.6 Å². The first-order valence-electron chi connectivity index (χ1n) is 15.0. The minimum Gasteiger partial charge on any atom is -0.458 e. The molecule has 3 N–H and O–H groups in total. The monoisotopic (exact) mass is 601 g/mol. The third kappa shape index (κ3) is 8.76. The van der Waals surface area contributed by atoms with Crippen molar-refractivity contribution in [2.45, 2.75) is 31.9 Å². The quantitative estimate of drug-likeness (QED) is 0.148. The van der Waals surface area contributed by atoms with E-state index in [4.69, 9.17) is 4.74 Å². The molecule has 5 rings (SSSR count). The summed E-state index contributed by atoms with van der Waals surface area (Å²) in [6.45, 7) is 0.685. The molecule has 1 aliphatic heterocycles. The van der Waals surface area contributed by atoms with Crippen LogP contribution in [0.25, 0.3) is 11.1 Å². The van der Waals surface area contributed by atoms with Crippen molar-refractivity contribution in [2.24, 2.45) is 5.92 Å². The zero-order valence-corrected chi connectivity index (χ0v) is 24.8. The van der Waals surface area contributed by atoms with E-state index in [1.54, 1.807) is 30.3 Å². The maximum absolute atomic E-state index is 13.6. The first-order chi connectivity index (χ1) is 22.0. The molecule has 1 fully saturated rings. The Morgan fingerprint density at radius 3 is 2.31 bits per heavy atom. The van der Waals surface area contributed by atoms with Crippen molar-refractivity contribution in [3.63, 3.8) is 0 Å². The van der Waals surface area contributed by atoms with Crippen LogP contribution in [-0.4, -0.2) is 36.3 Å². The van der Waals surface area contributed by atoms with Gasteiger partial charge in [0.15, 0.2) is 0 Å². The number of amides is 3. The lowest BCUT2D eigenvalue weighted by Crippen LogP contribution is -2.37. The van der Waals surface area contributed by atoms with Gasteiger partial charge < -0.3 is 20.7 Å². The highest BCUT2D eigenvalue weighted by molar-refractivity contribution is 6.04. The molecule has 2 atom stereocenters. The van der Waals surface area contributed by atoms with Gasteiger partial charge in [-0.1, -0.05) is 103 Å². The number of esters is 1. The van der Waals surface area contributed by atoms with E-state index in [-0.39, 0.29) is 36.3 Å². The summed E-state index contributed by atoms with van der Waals surface area (Å²) in [5.74, 6) is -1.66. The van der Waals surface area contributed by atoms with E-state index in [0.29, 0.717) is 25.1 Å². The number of carbonyl (C=O) groups excluding carboxylic acids is 4. The zero-order chi connectivity index (χ0) is 31.4. The van der Waals surface area contributed by atoms with Crippen molar-refractivity contribution in [3.8, 4) is 11.1 Å². The third-order valence-corrected chi connectivity index (χ3v) is 7.61. The number of hydrogen-bond donors (Lipinski definition) is 3. The van der Waals surface area contributed by atoms with Gasteiger partial charge in [-0.2, -0.15) is 0 Å². The minimum absolute atomic E-state index is 0.0854. The van der Waals surface area contributed by atoms with Gasteiger partial charge in [0.2, 0.25) is 11.8 Å². The van der Waals surface area contributed by atoms with Gasteiger partial charge >= 0.3 is 5.97 Å². The molecule has 228 valence electrons. The minimum atomic E-state index is -0.628. The van der Waals surface area contributed by atoms with Gasteiger partial charge in [0, 0.05) is 24.6 Å². The molecule has 0 bridgehead atoms. The molecule has 1 saturated heterocycles. The Kier molecular flexibility index (Phi) is 10.5. The van der Waals surface area contributed by atoms with Crippen molar-refractivity contribution in [2.75, 3.05) is 11.9 Å². The fraction of sp³-hybridized carbons (Fsp3) is 0.189. The second kappa shape index (κ2) is 15.3. The van der Waals surface area contributed by atoms with Crippen LogP contribution in [-0.2, 0) is 32.1 Å². The number of hydrogen-bond acceptors (Lipinski definition) is 5. The van der Waals surface area contributed by atoms with E-state index in [9.17, 15) is 19.2 Å². The Hall–Kier alpha value is -5.50. The predicted octanol–water partition coefficient (Wildman–Crippen LogP) is 5.46. The third-order valence-electron chi connectivity index (χ3n) is 7.61. The van der Waals surface area contributed by atoms with Crippen LogP contribution in [0.5, 0.6) is 0 Å². The summed E-state index contributed by atoms with van der Waals surface area (Å²) >= 11 is 0. The van der Waals surface area contributed by atoms with Crippen LogP contribution in [0.2, 0.25) is 0 Å². The topological polar surface area (TPSA) is 114 Å². The zero-order valence-electron chi connectivity index (χ0n) is 24.8. The van der Waals surface area contributed by atoms with Gasteiger partial charge in [-0.05, 0) is 47.2 Å². The van der Waals surface area contributed by atoms with Crippen LogP contribution >= 0.6 is 0 Å². The summed E-state index contributed by atoms with van der Waals surface area (Å²) in [4.78, 5) is 51.6. The number of nitrogens with one attached hydrogen (secondary N) is 3. The molecule has 8 nitrogen and oxygen atoms in total. The highest BCUT2D eigenvalue weighted by Crippen LogP contribution is 2.25. The molecule has 0 radical (unpaired) electrons. The van der Waals surface area contributed by atoms with Crippen LogP contribution in [0.1, 0.15) is 34.3 Å². The Morgan fingerprint density at radius 2 is 1.56 bits per heavy atom. The highest BCUT2D eigenvalue weighted by atomic mass is 16.5. The van der Waals surface area contributed by atoms with E-state index in [1.807, 2.05) is 84.9 Å². The molecular weight excluding hydrogens is 566 g/mol. The van der Waals surface area contributed by atoms with E-state index >= 15 is 0 Å². The molecule has 8 heteroatoms.